The maximum absolute atomic E-state index is 12.4. The van der Waals surface area contributed by atoms with Crippen molar-refractivity contribution in [3.8, 4) is 16.9 Å². The number of ketones is 1. The Kier molecular flexibility index (Phi) is 4.27. The molecule has 1 aliphatic heterocycles. The van der Waals surface area contributed by atoms with E-state index in [1.807, 2.05) is 24.3 Å². The maximum Gasteiger partial charge on any atom is 0.176 e. The molecule has 1 aliphatic carbocycles. The van der Waals surface area contributed by atoms with Gasteiger partial charge in [-0.25, -0.2) is 0 Å². The highest BCUT2D eigenvalue weighted by Crippen LogP contribution is 2.41. The Morgan fingerprint density at radius 1 is 1.17 bits per heavy atom. The van der Waals surface area contributed by atoms with Gasteiger partial charge in [-0.05, 0) is 53.3 Å². The molecule has 24 heavy (non-hydrogen) atoms. The van der Waals surface area contributed by atoms with E-state index in [2.05, 4.69) is 37.9 Å². The molecule has 2 aromatic rings. The van der Waals surface area contributed by atoms with Crippen molar-refractivity contribution >= 4 is 37.6 Å². The highest BCUT2D eigenvalue weighted by molar-refractivity contribution is 9.10. The lowest BCUT2D eigenvalue weighted by molar-refractivity contribution is 0.0981. The Hall–Kier alpha value is -1.17. The second kappa shape index (κ2) is 6.28. The monoisotopic (exact) mass is 450 g/mol. The van der Waals surface area contributed by atoms with Gasteiger partial charge in [0.25, 0.3) is 0 Å². The fraction of sp³-hybridized carbons (Fsp3) is 0.316. The molecule has 0 fully saturated rings. The topological polar surface area (TPSA) is 46.5 Å². The van der Waals surface area contributed by atoms with Gasteiger partial charge >= 0.3 is 0 Å². The lowest BCUT2D eigenvalue weighted by Crippen LogP contribution is -2.23. The largest absolute Gasteiger partial charge is 0.488 e. The van der Waals surface area contributed by atoms with Crippen LogP contribution in [0.25, 0.3) is 11.1 Å². The number of aryl methyl sites for hydroxylation is 1. The highest BCUT2D eigenvalue weighted by Gasteiger charge is 2.28. The molecule has 0 aromatic heterocycles. The summed E-state index contributed by atoms with van der Waals surface area (Å²) in [5, 5.41) is 10.5. The second-order valence-corrected chi connectivity index (χ2v) is 8.00. The third-order valence-electron chi connectivity index (χ3n) is 4.76. The van der Waals surface area contributed by atoms with Crippen molar-refractivity contribution in [2.45, 2.75) is 30.4 Å². The summed E-state index contributed by atoms with van der Waals surface area (Å²) in [4.78, 5) is 12.3. The number of aliphatic hydroxyl groups excluding tert-OH is 1. The van der Waals surface area contributed by atoms with Gasteiger partial charge in [0.05, 0.1) is 10.9 Å². The van der Waals surface area contributed by atoms with Crippen LogP contribution in [0.2, 0.25) is 0 Å². The molecule has 2 atom stereocenters. The summed E-state index contributed by atoms with van der Waals surface area (Å²) >= 11 is 6.76. The van der Waals surface area contributed by atoms with Crippen molar-refractivity contribution in [3.05, 3.63) is 52.6 Å². The number of fused-ring (bicyclic) bond motifs is 4. The van der Waals surface area contributed by atoms with Crippen LogP contribution in [0.3, 0.4) is 0 Å². The third-order valence-corrected chi connectivity index (χ3v) is 6.24. The van der Waals surface area contributed by atoms with Crippen LogP contribution >= 0.6 is 31.9 Å². The Labute approximate surface area is 157 Å². The molecule has 2 aliphatic rings. The first-order valence-corrected chi connectivity index (χ1v) is 9.97. The number of ether oxygens (including phenoxy) is 1. The molecular weight excluding hydrogens is 436 g/mol. The number of rotatable bonds is 2. The molecule has 2 unspecified atom stereocenters. The van der Waals surface area contributed by atoms with Crippen LogP contribution in [0.1, 0.15) is 39.6 Å². The summed E-state index contributed by atoms with van der Waals surface area (Å²) in [7, 11) is 0. The normalized spacial score (nSPS) is 19.8. The molecule has 0 saturated heterocycles. The summed E-state index contributed by atoms with van der Waals surface area (Å²) in [6.07, 6.45) is 1.20. The summed E-state index contributed by atoms with van der Waals surface area (Å²) < 4.78 is 5.89. The fourth-order valence-electron chi connectivity index (χ4n) is 3.41. The lowest BCUT2D eigenvalue weighted by Gasteiger charge is -2.26. The van der Waals surface area contributed by atoms with E-state index in [9.17, 15) is 9.90 Å². The van der Waals surface area contributed by atoms with Crippen LogP contribution in [0.4, 0.5) is 0 Å². The minimum absolute atomic E-state index is 0.0758. The molecule has 1 N–H and O–H groups in total. The molecule has 0 spiro atoms. The Morgan fingerprint density at radius 3 is 2.75 bits per heavy atom. The molecule has 0 saturated carbocycles. The zero-order valence-electron chi connectivity index (χ0n) is 12.9. The SMILES string of the molecule is O=C1c2cc3c(cc2CCC1Br)-c1ccc(C(O)CBr)cc1OC3. The molecule has 1 heterocycles. The van der Waals surface area contributed by atoms with Crippen molar-refractivity contribution in [1.82, 2.24) is 0 Å². The van der Waals surface area contributed by atoms with Crippen LogP contribution in [0.5, 0.6) is 5.75 Å². The fourth-order valence-corrected chi connectivity index (χ4v) is 4.26. The van der Waals surface area contributed by atoms with Crippen LogP contribution < -0.4 is 4.74 Å². The number of hydrogen-bond acceptors (Lipinski definition) is 3. The summed E-state index contributed by atoms with van der Waals surface area (Å²) in [5.74, 6) is 0.959. The first kappa shape index (κ1) is 16.3. The van der Waals surface area contributed by atoms with E-state index < -0.39 is 6.10 Å². The number of hydrogen-bond donors (Lipinski definition) is 1. The molecule has 5 heteroatoms. The van der Waals surface area contributed by atoms with Gasteiger partial charge in [0.1, 0.15) is 12.4 Å². The maximum atomic E-state index is 12.4. The van der Waals surface area contributed by atoms with E-state index >= 15 is 0 Å². The van der Waals surface area contributed by atoms with Crippen LogP contribution in [0.15, 0.2) is 30.3 Å². The predicted octanol–water partition coefficient (Wildman–Crippen LogP) is 4.57. The van der Waals surface area contributed by atoms with Crippen LogP contribution in [-0.2, 0) is 13.0 Å². The van der Waals surface area contributed by atoms with Crippen molar-refractivity contribution in [2.75, 3.05) is 5.33 Å². The average molecular weight is 452 g/mol. The molecule has 2 aromatic carbocycles. The van der Waals surface area contributed by atoms with E-state index in [0.29, 0.717) is 11.9 Å². The molecule has 3 nitrogen and oxygen atoms in total. The quantitative estimate of drug-likeness (QED) is 0.680. The molecule has 0 radical (unpaired) electrons. The number of alkyl halides is 2. The summed E-state index contributed by atoms with van der Waals surface area (Å²) in [6, 6.07) is 9.97. The number of carbonyl (C=O) groups is 1. The smallest absolute Gasteiger partial charge is 0.176 e. The molecule has 124 valence electrons. The summed E-state index contributed by atoms with van der Waals surface area (Å²) in [6.45, 7) is 0.448. The minimum Gasteiger partial charge on any atom is -0.488 e. The van der Waals surface area contributed by atoms with Crippen molar-refractivity contribution in [2.24, 2.45) is 0 Å². The Morgan fingerprint density at radius 2 is 1.96 bits per heavy atom. The number of carbonyl (C=O) groups excluding carboxylic acids is 1. The molecule has 0 amide bonds. The van der Waals surface area contributed by atoms with Gasteiger partial charge in [0, 0.05) is 16.5 Å². The zero-order valence-corrected chi connectivity index (χ0v) is 16.1. The first-order valence-electron chi connectivity index (χ1n) is 7.93. The highest BCUT2D eigenvalue weighted by atomic mass is 79.9. The minimum atomic E-state index is -0.544. The van der Waals surface area contributed by atoms with Crippen molar-refractivity contribution in [3.63, 3.8) is 0 Å². The lowest BCUT2D eigenvalue weighted by atomic mass is 9.84. The van der Waals surface area contributed by atoms with Gasteiger partial charge in [-0.15, -0.1) is 0 Å². The van der Waals surface area contributed by atoms with Gasteiger partial charge in [-0.1, -0.05) is 44.0 Å². The van der Waals surface area contributed by atoms with Gasteiger partial charge in [0.2, 0.25) is 0 Å². The number of aliphatic hydroxyl groups is 1. The Balaban J connectivity index is 1.81. The number of benzene rings is 2. The van der Waals surface area contributed by atoms with Crippen molar-refractivity contribution in [1.29, 1.82) is 0 Å². The van der Waals surface area contributed by atoms with Crippen LogP contribution in [-0.4, -0.2) is 21.0 Å². The van der Waals surface area contributed by atoms with Gasteiger partial charge in [-0.3, -0.25) is 4.79 Å². The van der Waals surface area contributed by atoms with Crippen molar-refractivity contribution < 1.29 is 14.6 Å². The zero-order chi connectivity index (χ0) is 16.8. The third kappa shape index (κ3) is 2.63. The van der Waals surface area contributed by atoms with E-state index in [1.165, 1.54) is 0 Å². The van der Waals surface area contributed by atoms with Gasteiger partial charge in [-0.2, -0.15) is 0 Å². The molecule has 0 bridgehead atoms. The molecule has 4 rings (SSSR count). The van der Waals surface area contributed by atoms with E-state index in [4.69, 9.17) is 4.74 Å². The first-order chi connectivity index (χ1) is 11.6. The average Bonchev–Trinajstić information content (AvgIpc) is 2.62. The van der Waals surface area contributed by atoms with Gasteiger partial charge < -0.3 is 9.84 Å². The van der Waals surface area contributed by atoms with E-state index in [1.54, 1.807) is 0 Å². The Bertz CT molecular complexity index is 832. The second-order valence-electron chi connectivity index (χ2n) is 6.25. The van der Waals surface area contributed by atoms with Gasteiger partial charge in [0.15, 0.2) is 5.78 Å². The molecular formula is C19H16Br2O3. The standard InChI is InChI=1S/C19H16Br2O3/c20-8-17(22)11-1-3-13-14-5-10-2-4-16(21)19(23)15(10)6-12(14)9-24-18(13)7-11/h1,3,5-7,16-17,22H,2,4,8-9H2. The van der Waals surface area contributed by atoms with E-state index in [0.717, 1.165) is 52.0 Å². The summed E-state index contributed by atoms with van der Waals surface area (Å²) in [5.41, 5.74) is 5.98. The van der Waals surface area contributed by atoms with Crippen LogP contribution in [0, 0.1) is 0 Å². The number of halogens is 2. The predicted molar refractivity (Wildman–Crippen MR) is 100 cm³/mol. The van der Waals surface area contributed by atoms with E-state index in [-0.39, 0.29) is 10.6 Å². The number of Topliss-reactive ketones (excluding diaryl/α,β-unsaturated/α-hetero) is 1.